The number of amides is 1. The summed E-state index contributed by atoms with van der Waals surface area (Å²) in [6, 6.07) is 0.300. The molecule has 0 aliphatic rings. The van der Waals surface area contributed by atoms with Crippen molar-refractivity contribution in [3.8, 4) is 0 Å². The summed E-state index contributed by atoms with van der Waals surface area (Å²) in [6.07, 6.45) is 5.02. The molecule has 0 aromatic carbocycles. The summed E-state index contributed by atoms with van der Waals surface area (Å²) in [5, 5.41) is 17.6. The Hall–Kier alpha value is -2.71. The molecule has 22 heavy (non-hydrogen) atoms. The molecule has 9 nitrogen and oxygen atoms in total. The Balaban J connectivity index is 1.85. The first-order chi connectivity index (χ1) is 10.7. The summed E-state index contributed by atoms with van der Waals surface area (Å²) in [6.45, 7) is 6.12. The summed E-state index contributed by atoms with van der Waals surface area (Å²) in [5.74, 6) is 0.436. The number of hydrogen-bond acceptors (Lipinski definition) is 5. The second kappa shape index (κ2) is 5.58. The van der Waals surface area contributed by atoms with Gasteiger partial charge in [-0.1, -0.05) is 13.8 Å². The van der Waals surface area contributed by atoms with E-state index in [0.29, 0.717) is 23.3 Å². The molecule has 0 spiro atoms. The van der Waals surface area contributed by atoms with Crippen LogP contribution in [0, 0.1) is 6.92 Å². The van der Waals surface area contributed by atoms with E-state index in [4.69, 9.17) is 0 Å². The Labute approximate surface area is 126 Å². The molecule has 3 heterocycles. The van der Waals surface area contributed by atoms with Gasteiger partial charge in [0, 0.05) is 5.69 Å². The molecular formula is C13H18N8O. The zero-order valence-electron chi connectivity index (χ0n) is 12.7. The highest BCUT2D eigenvalue weighted by Gasteiger charge is 2.19. The number of aromatic nitrogens is 7. The first-order valence-electron chi connectivity index (χ1n) is 7.25. The molecule has 0 radical (unpaired) electrons. The second-order valence-electron chi connectivity index (χ2n) is 5.06. The lowest BCUT2D eigenvalue weighted by atomic mass is 10.1. The number of nitrogens with zero attached hydrogens (tertiary/aromatic N) is 6. The molecule has 3 aromatic rings. The number of H-pyrrole nitrogens is 1. The number of carbonyl (C=O) groups excluding carboxylic acids is 1. The van der Waals surface area contributed by atoms with Crippen molar-refractivity contribution in [3.05, 3.63) is 23.8 Å². The van der Waals surface area contributed by atoms with Gasteiger partial charge in [-0.05, 0) is 19.8 Å². The topological polar surface area (TPSA) is 106 Å². The van der Waals surface area contributed by atoms with Crippen molar-refractivity contribution >= 4 is 17.6 Å². The molecule has 1 amide bonds. The molecule has 9 heteroatoms. The quantitative estimate of drug-likeness (QED) is 0.744. The molecule has 116 valence electrons. The fraction of sp³-hybridized carbons (Fsp3) is 0.462. The van der Waals surface area contributed by atoms with Gasteiger partial charge >= 0.3 is 0 Å². The molecule has 0 unspecified atom stereocenters. The molecule has 0 saturated carbocycles. The third kappa shape index (κ3) is 2.24. The van der Waals surface area contributed by atoms with E-state index in [9.17, 15) is 4.79 Å². The summed E-state index contributed by atoms with van der Waals surface area (Å²) in [4.78, 5) is 16.4. The van der Waals surface area contributed by atoms with Crippen LogP contribution in [-0.2, 0) is 0 Å². The van der Waals surface area contributed by atoms with Gasteiger partial charge in [-0.2, -0.15) is 14.6 Å². The van der Waals surface area contributed by atoms with E-state index in [-0.39, 0.29) is 5.91 Å². The SMILES string of the molecule is CCC(CC)n1ncc(C(=O)Nc2nnc3nc[nH]n23)c1C. The van der Waals surface area contributed by atoms with Gasteiger partial charge in [0.15, 0.2) is 0 Å². The number of fused-ring (bicyclic) bond motifs is 1. The van der Waals surface area contributed by atoms with Gasteiger partial charge < -0.3 is 0 Å². The first kappa shape index (κ1) is 14.2. The van der Waals surface area contributed by atoms with E-state index < -0.39 is 0 Å². The van der Waals surface area contributed by atoms with Gasteiger partial charge in [0.05, 0.1) is 17.8 Å². The molecule has 0 aliphatic carbocycles. The van der Waals surface area contributed by atoms with E-state index in [1.807, 2.05) is 11.6 Å². The van der Waals surface area contributed by atoms with Crippen LogP contribution in [0.5, 0.6) is 0 Å². The normalized spacial score (nSPS) is 11.5. The highest BCUT2D eigenvalue weighted by Crippen LogP contribution is 2.19. The Kier molecular flexibility index (Phi) is 3.61. The van der Waals surface area contributed by atoms with E-state index in [1.54, 1.807) is 6.20 Å². The molecule has 3 aromatic heterocycles. The summed E-state index contributed by atoms with van der Waals surface area (Å²) >= 11 is 0. The van der Waals surface area contributed by atoms with Crippen LogP contribution in [0.1, 0.15) is 48.8 Å². The van der Waals surface area contributed by atoms with E-state index in [0.717, 1.165) is 18.5 Å². The van der Waals surface area contributed by atoms with Crippen molar-refractivity contribution in [2.24, 2.45) is 0 Å². The zero-order chi connectivity index (χ0) is 15.7. The van der Waals surface area contributed by atoms with Crippen LogP contribution in [0.4, 0.5) is 5.95 Å². The smallest absolute Gasteiger partial charge is 0.273 e. The summed E-state index contributed by atoms with van der Waals surface area (Å²) < 4.78 is 3.41. The van der Waals surface area contributed by atoms with Crippen LogP contribution in [0.25, 0.3) is 5.78 Å². The van der Waals surface area contributed by atoms with Gasteiger partial charge in [0.25, 0.3) is 17.6 Å². The third-order valence-electron chi connectivity index (χ3n) is 3.82. The van der Waals surface area contributed by atoms with Crippen LogP contribution < -0.4 is 5.32 Å². The lowest BCUT2D eigenvalue weighted by Crippen LogP contribution is -2.16. The van der Waals surface area contributed by atoms with Gasteiger partial charge in [0.2, 0.25) is 0 Å². The van der Waals surface area contributed by atoms with Crippen molar-refractivity contribution < 1.29 is 4.79 Å². The van der Waals surface area contributed by atoms with E-state index in [1.165, 1.54) is 10.8 Å². The maximum atomic E-state index is 12.4. The third-order valence-corrected chi connectivity index (χ3v) is 3.82. The summed E-state index contributed by atoms with van der Waals surface area (Å²) in [5.41, 5.74) is 1.37. The average Bonchev–Trinajstić information content (AvgIpc) is 3.19. The Bertz CT molecular complexity index is 794. The largest absolute Gasteiger partial charge is 0.289 e. The molecule has 0 bridgehead atoms. The first-order valence-corrected chi connectivity index (χ1v) is 7.25. The van der Waals surface area contributed by atoms with Crippen molar-refractivity contribution in [1.29, 1.82) is 0 Å². The average molecular weight is 302 g/mol. The number of aromatic amines is 1. The predicted octanol–water partition coefficient (Wildman–Crippen LogP) is 1.57. The lowest BCUT2D eigenvalue weighted by molar-refractivity contribution is 0.102. The van der Waals surface area contributed by atoms with Crippen molar-refractivity contribution in [1.82, 2.24) is 34.6 Å². The van der Waals surface area contributed by atoms with Crippen LogP contribution in [0.2, 0.25) is 0 Å². The maximum Gasteiger partial charge on any atom is 0.273 e. The van der Waals surface area contributed by atoms with Crippen molar-refractivity contribution in [2.45, 2.75) is 39.7 Å². The van der Waals surface area contributed by atoms with Gasteiger partial charge in [-0.25, -0.2) is 0 Å². The summed E-state index contributed by atoms with van der Waals surface area (Å²) in [7, 11) is 0. The van der Waals surface area contributed by atoms with Gasteiger partial charge in [0.1, 0.15) is 6.33 Å². The fourth-order valence-corrected chi connectivity index (χ4v) is 2.52. The molecule has 2 N–H and O–H groups in total. The van der Waals surface area contributed by atoms with Crippen LogP contribution >= 0.6 is 0 Å². The second-order valence-corrected chi connectivity index (χ2v) is 5.06. The fourth-order valence-electron chi connectivity index (χ4n) is 2.52. The standard InChI is InChI=1S/C13H18N8O/c1-4-9(5-2)20-8(3)10(6-15-20)11(22)17-13-19-18-12-14-7-16-21(12)13/h6-7,9H,4-5H2,1-3H3,(H,14,16,18)(H,17,19,22). The number of anilines is 1. The highest BCUT2D eigenvalue weighted by atomic mass is 16.1. The molecule has 3 rings (SSSR count). The van der Waals surface area contributed by atoms with E-state index >= 15 is 0 Å². The number of nitrogens with one attached hydrogen (secondary N) is 2. The predicted molar refractivity (Wildman–Crippen MR) is 79.7 cm³/mol. The number of rotatable bonds is 5. The maximum absolute atomic E-state index is 12.4. The molecule has 0 saturated heterocycles. The Morgan fingerprint density at radius 1 is 1.36 bits per heavy atom. The zero-order valence-corrected chi connectivity index (χ0v) is 12.7. The minimum atomic E-state index is -0.265. The number of hydrogen-bond donors (Lipinski definition) is 2. The molecule has 0 atom stereocenters. The molecular weight excluding hydrogens is 284 g/mol. The van der Waals surface area contributed by atoms with Crippen molar-refractivity contribution in [3.63, 3.8) is 0 Å². The highest BCUT2D eigenvalue weighted by molar-refractivity contribution is 6.04. The minimum absolute atomic E-state index is 0.265. The number of carbonyl (C=O) groups is 1. The van der Waals surface area contributed by atoms with Crippen LogP contribution in [-0.4, -0.2) is 40.5 Å². The Morgan fingerprint density at radius 2 is 2.14 bits per heavy atom. The van der Waals surface area contributed by atoms with Crippen molar-refractivity contribution in [2.75, 3.05) is 5.32 Å². The Morgan fingerprint density at radius 3 is 2.86 bits per heavy atom. The minimum Gasteiger partial charge on any atom is -0.289 e. The molecule has 0 fully saturated rings. The van der Waals surface area contributed by atoms with Gasteiger partial charge in [-0.15, -0.1) is 10.2 Å². The van der Waals surface area contributed by atoms with Gasteiger partial charge in [-0.3, -0.25) is 19.9 Å². The van der Waals surface area contributed by atoms with E-state index in [2.05, 4.69) is 44.5 Å². The lowest BCUT2D eigenvalue weighted by Gasteiger charge is -2.15. The van der Waals surface area contributed by atoms with Crippen LogP contribution in [0.15, 0.2) is 12.5 Å². The molecule has 0 aliphatic heterocycles. The monoisotopic (exact) mass is 302 g/mol. The van der Waals surface area contributed by atoms with Crippen LogP contribution in [0.3, 0.4) is 0 Å².